The molecule has 0 radical (unpaired) electrons. The van der Waals surface area contributed by atoms with Crippen molar-refractivity contribution >= 4 is 0 Å². The topological polar surface area (TPSA) is 38.1 Å². The van der Waals surface area contributed by atoms with E-state index >= 15 is 0 Å². The second kappa shape index (κ2) is 9.31. The molecule has 0 N–H and O–H groups in total. The second-order valence-corrected chi connectivity index (χ2v) is 8.72. The molecule has 0 amide bonds. The summed E-state index contributed by atoms with van der Waals surface area (Å²) in [7, 11) is 0. The number of nitrogens with zero attached hydrogens (tertiary/aromatic N) is 3. The molecule has 0 unspecified atom stereocenters. The standard InChI is InChI=1S/C28H25F2N3O/c1-19-31-26-12-13-32(17-20-14-23(29)16-24(30)15-20)18-25(26)28(34)33(19)27(21-8-4-2-5-9-21)22-10-6-3-7-11-22/h2-11,14-16,27H,12-13,17-18H2,1H3. The number of benzene rings is 3. The predicted octanol–water partition coefficient (Wildman–Crippen LogP) is 5.03. The zero-order valence-corrected chi connectivity index (χ0v) is 18.9. The van der Waals surface area contributed by atoms with Crippen molar-refractivity contribution in [3.63, 3.8) is 0 Å². The molecule has 0 bridgehead atoms. The predicted molar refractivity (Wildman–Crippen MR) is 128 cm³/mol. The minimum Gasteiger partial charge on any atom is -0.294 e. The van der Waals surface area contributed by atoms with Crippen LogP contribution in [0.2, 0.25) is 0 Å². The van der Waals surface area contributed by atoms with Gasteiger partial charge in [-0.1, -0.05) is 60.7 Å². The monoisotopic (exact) mass is 457 g/mol. The van der Waals surface area contributed by atoms with Gasteiger partial charge in [-0.05, 0) is 35.7 Å². The Morgan fingerprint density at radius 1 is 0.912 bits per heavy atom. The zero-order valence-electron chi connectivity index (χ0n) is 18.9. The molecule has 1 aromatic heterocycles. The Hall–Kier alpha value is -3.64. The lowest BCUT2D eigenvalue weighted by Crippen LogP contribution is -2.40. The van der Waals surface area contributed by atoms with E-state index in [0.29, 0.717) is 43.0 Å². The molecule has 0 spiro atoms. The van der Waals surface area contributed by atoms with Gasteiger partial charge in [-0.25, -0.2) is 13.8 Å². The highest BCUT2D eigenvalue weighted by Gasteiger charge is 2.27. The first-order valence-electron chi connectivity index (χ1n) is 11.4. The lowest BCUT2D eigenvalue weighted by Gasteiger charge is -2.30. The van der Waals surface area contributed by atoms with Crippen molar-refractivity contribution in [1.82, 2.24) is 14.5 Å². The van der Waals surface area contributed by atoms with Crippen LogP contribution >= 0.6 is 0 Å². The van der Waals surface area contributed by atoms with Crippen molar-refractivity contribution < 1.29 is 8.78 Å². The fraction of sp³-hybridized carbons (Fsp3) is 0.214. The van der Waals surface area contributed by atoms with Gasteiger partial charge in [-0.3, -0.25) is 14.3 Å². The fourth-order valence-electron chi connectivity index (χ4n) is 4.83. The minimum absolute atomic E-state index is 0.0738. The number of hydrogen-bond acceptors (Lipinski definition) is 3. The van der Waals surface area contributed by atoms with E-state index in [9.17, 15) is 13.6 Å². The van der Waals surface area contributed by atoms with E-state index in [-0.39, 0.29) is 11.6 Å². The maximum Gasteiger partial charge on any atom is 0.259 e. The van der Waals surface area contributed by atoms with Gasteiger partial charge >= 0.3 is 0 Å². The third-order valence-corrected chi connectivity index (χ3v) is 6.33. The second-order valence-electron chi connectivity index (χ2n) is 8.72. The van der Waals surface area contributed by atoms with Gasteiger partial charge in [0, 0.05) is 32.1 Å². The molecule has 6 heteroatoms. The summed E-state index contributed by atoms with van der Waals surface area (Å²) in [5.74, 6) is -0.525. The van der Waals surface area contributed by atoms with Gasteiger partial charge in [0.25, 0.3) is 5.56 Å². The lowest BCUT2D eigenvalue weighted by atomic mass is 9.97. The highest BCUT2D eigenvalue weighted by atomic mass is 19.1. The van der Waals surface area contributed by atoms with Crippen LogP contribution in [0.25, 0.3) is 0 Å². The Kier molecular flexibility index (Phi) is 6.07. The molecule has 4 aromatic rings. The van der Waals surface area contributed by atoms with Gasteiger partial charge in [-0.2, -0.15) is 0 Å². The third kappa shape index (κ3) is 4.41. The molecule has 0 saturated heterocycles. The smallest absolute Gasteiger partial charge is 0.259 e. The van der Waals surface area contributed by atoms with Crippen LogP contribution in [0.4, 0.5) is 8.78 Å². The molecule has 4 nitrogen and oxygen atoms in total. The van der Waals surface area contributed by atoms with Crippen molar-refractivity contribution in [3.8, 4) is 0 Å². The number of hydrogen-bond donors (Lipinski definition) is 0. The van der Waals surface area contributed by atoms with Crippen LogP contribution in [0.5, 0.6) is 0 Å². The van der Waals surface area contributed by atoms with Gasteiger partial charge in [-0.15, -0.1) is 0 Å². The van der Waals surface area contributed by atoms with E-state index in [1.807, 2.05) is 72.5 Å². The van der Waals surface area contributed by atoms with Crippen molar-refractivity contribution in [2.45, 2.75) is 32.5 Å². The summed E-state index contributed by atoms with van der Waals surface area (Å²) in [5, 5.41) is 0. The molecule has 0 fully saturated rings. The fourth-order valence-corrected chi connectivity index (χ4v) is 4.83. The van der Waals surface area contributed by atoms with E-state index in [0.717, 1.165) is 22.9 Å². The van der Waals surface area contributed by atoms with E-state index in [1.165, 1.54) is 12.1 Å². The maximum absolute atomic E-state index is 13.9. The van der Waals surface area contributed by atoms with Crippen molar-refractivity contribution in [2.24, 2.45) is 0 Å². The van der Waals surface area contributed by atoms with Crippen LogP contribution in [0.1, 0.15) is 39.8 Å². The Balaban J connectivity index is 1.55. The van der Waals surface area contributed by atoms with Crippen LogP contribution in [0.15, 0.2) is 83.7 Å². The zero-order chi connectivity index (χ0) is 23.7. The number of aromatic nitrogens is 2. The number of fused-ring (bicyclic) bond motifs is 1. The first kappa shape index (κ1) is 22.2. The minimum atomic E-state index is -0.597. The van der Waals surface area contributed by atoms with Crippen LogP contribution in [-0.2, 0) is 19.5 Å². The summed E-state index contributed by atoms with van der Waals surface area (Å²) in [6.07, 6.45) is 0.616. The summed E-state index contributed by atoms with van der Waals surface area (Å²) < 4.78 is 29.1. The Bertz CT molecular complexity index is 1310. The maximum atomic E-state index is 13.9. The number of halogens is 2. The summed E-state index contributed by atoms with van der Waals surface area (Å²) >= 11 is 0. The molecule has 1 aliphatic heterocycles. The summed E-state index contributed by atoms with van der Waals surface area (Å²) in [6.45, 7) is 3.29. The summed E-state index contributed by atoms with van der Waals surface area (Å²) in [4.78, 5) is 20.8. The molecule has 0 atom stereocenters. The molecular weight excluding hydrogens is 432 g/mol. The molecule has 3 aromatic carbocycles. The Morgan fingerprint density at radius 2 is 1.50 bits per heavy atom. The summed E-state index contributed by atoms with van der Waals surface area (Å²) in [5.41, 5.74) is 3.93. The van der Waals surface area contributed by atoms with Gasteiger partial charge in [0.2, 0.25) is 0 Å². The van der Waals surface area contributed by atoms with Gasteiger partial charge in [0.15, 0.2) is 0 Å². The van der Waals surface area contributed by atoms with Crippen molar-refractivity contribution in [1.29, 1.82) is 0 Å². The normalized spacial score (nSPS) is 13.8. The first-order valence-corrected chi connectivity index (χ1v) is 11.4. The van der Waals surface area contributed by atoms with Gasteiger partial charge < -0.3 is 0 Å². The molecule has 1 aliphatic rings. The van der Waals surface area contributed by atoms with Crippen LogP contribution in [-0.4, -0.2) is 21.0 Å². The molecule has 0 aliphatic carbocycles. The van der Waals surface area contributed by atoms with Crippen LogP contribution in [0.3, 0.4) is 0 Å². The highest BCUT2D eigenvalue weighted by Crippen LogP contribution is 2.27. The van der Waals surface area contributed by atoms with Gasteiger partial charge in [0.1, 0.15) is 17.5 Å². The molecular formula is C28H25F2N3O. The van der Waals surface area contributed by atoms with Crippen molar-refractivity contribution in [3.05, 3.63) is 135 Å². The average molecular weight is 458 g/mol. The Labute approximate surface area is 197 Å². The Morgan fingerprint density at radius 3 is 2.09 bits per heavy atom. The third-order valence-electron chi connectivity index (χ3n) is 6.33. The van der Waals surface area contributed by atoms with Gasteiger partial charge in [0.05, 0.1) is 17.3 Å². The average Bonchev–Trinajstić information content (AvgIpc) is 2.83. The molecule has 2 heterocycles. The first-order chi connectivity index (χ1) is 16.5. The highest BCUT2D eigenvalue weighted by molar-refractivity contribution is 5.35. The molecule has 172 valence electrons. The molecule has 0 saturated carbocycles. The summed E-state index contributed by atoms with van der Waals surface area (Å²) in [6, 6.07) is 23.1. The largest absolute Gasteiger partial charge is 0.294 e. The quantitative estimate of drug-likeness (QED) is 0.422. The number of aryl methyl sites for hydroxylation is 1. The lowest BCUT2D eigenvalue weighted by molar-refractivity contribution is 0.239. The van der Waals surface area contributed by atoms with Crippen LogP contribution < -0.4 is 5.56 Å². The SMILES string of the molecule is Cc1nc2c(c(=O)n1C(c1ccccc1)c1ccccc1)CN(Cc1cc(F)cc(F)c1)CC2. The molecule has 34 heavy (non-hydrogen) atoms. The van der Waals surface area contributed by atoms with Crippen LogP contribution in [0, 0.1) is 18.6 Å². The van der Waals surface area contributed by atoms with E-state index < -0.39 is 11.6 Å². The van der Waals surface area contributed by atoms with Crippen molar-refractivity contribution in [2.75, 3.05) is 6.54 Å². The number of rotatable bonds is 5. The van der Waals surface area contributed by atoms with E-state index in [4.69, 9.17) is 4.98 Å². The van der Waals surface area contributed by atoms with E-state index in [2.05, 4.69) is 0 Å². The van der Waals surface area contributed by atoms with E-state index in [1.54, 1.807) is 4.57 Å². The molecule has 5 rings (SSSR count).